The Bertz CT molecular complexity index is 1780. The number of nitro groups is 1. The highest BCUT2D eigenvalue weighted by molar-refractivity contribution is 7.14. The lowest BCUT2D eigenvalue weighted by atomic mass is 9.50. The van der Waals surface area contributed by atoms with E-state index in [0.717, 1.165) is 5.56 Å². The molecule has 0 spiro atoms. The number of benzene rings is 3. The maximum absolute atomic E-state index is 13.7. The zero-order valence-corrected chi connectivity index (χ0v) is 29.8. The molecule has 2 aliphatic heterocycles. The minimum atomic E-state index is -0.841. The van der Waals surface area contributed by atoms with Crippen molar-refractivity contribution in [3.05, 3.63) is 117 Å². The van der Waals surface area contributed by atoms with E-state index in [0.29, 0.717) is 33.5 Å². The summed E-state index contributed by atoms with van der Waals surface area (Å²) >= 11 is 1.41. The van der Waals surface area contributed by atoms with Crippen molar-refractivity contribution in [2.45, 2.75) is 38.0 Å². The van der Waals surface area contributed by atoms with Crippen molar-refractivity contribution in [2.24, 2.45) is 5.41 Å². The van der Waals surface area contributed by atoms with Gasteiger partial charge < -0.3 is 19.0 Å². The lowest BCUT2D eigenvalue weighted by molar-refractivity contribution is -0.384. The second-order valence-corrected chi connectivity index (χ2v) is 14.1. The van der Waals surface area contributed by atoms with Crippen LogP contribution in [-0.4, -0.2) is 70.1 Å². The van der Waals surface area contributed by atoms with Gasteiger partial charge in [-0.2, -0.15) is 0 Å². The summed E-state index contributed by atoms with van der Waals surface area (Å²) in [4.78, 5) is 47.1. The number of hydrogen-bond acceptors (Lipinski definition) is 9. The molecule has 2 unspecified atom stereocenters. The molecular weight excluding hydrogens is 635 g/mol. The second kappa shape index (κ2) is 12.2. The maximum Gasteiger partial charge on any atom is 0.414 e. The topological polar surface area (TPSA) is 118 Å². The van der Waals surface area contributed by atoms with Crippen LogP contribution in [0.25, 0.3) is 0 Å². The van der Waals surface area contributed by atoms with Crippen LogP contribution in [0.2, 0.25) is 0 Å². The predicted molar refractivity (Wildman–Crippen MR) is 184 cm³/mol. The number of aromatic nitrogens is 1. The molecule has 2 fully saturated rings. The fourth-order valence-electron chi connectivity index (χ4n) is 7.19. The highest BCUT2D eigenvalue weighted by Crippen LogP contribution is 2.64. The Hall–Kier alpha value is -4.59. The molecule has 0 saturated carbocycles. The Kier molecular flexibility index (Phi) is 8.41. The molecule has 2 atom stereocenters. The van der Waals surface area contributed by atoms with Crippen LogP contribution in [0.3, 0.4) is 0 Å². The summed E-state index contributed by atoms with van der Waals surface area (Å²) in [5, 5.41) is 13.6. The summed E-state index contributed by atoms with van der Waals surface area (Å²) in [5.74, 6) is -0.236. The number of amides is 2. The first-order chi connectivity index (χ1) is 22.5. The van der Waals surface area contributed by atoms with Gasteiger partial charge in [0.15, 0.2) is 10.9 Å². The van der Waals surface area contributed by atoms with Crippen LogP contribution in [0.15, 0.2) is 90.3 Å². The number of carbonyl (C=O) groups is 2. The minimum Gasteiger partial charge on any atom is -0.452 e. The van der Waals surface area contributed by atoms with Gasteiger partial charge in [-0.05, 0) is 23.1 Å². The number of methoxy groups -OCH3 is 1. The number of nitro benzene ring substituents is 1. The van der Waals surface area contributed by atoms with Gasteiger partial charge in [-0.15, -0.1) is 11.3 Å². The van der Waals surface area contributed by atoms with Gasteiger partial charge >= 0.3 is 6.09 Å². The first-order valence-electron chi connectivity index (χ1n) is 15.3. The van der Waals surface area contributed by atoms with E-state index in [1.165, 1.54) is 53.2 Å². The first kappa shape index (κ1) is 32.4. The van der Waals surface area contributed by atoms with E-state index >= 15 is 0 Å². The molecule has 2 amide bonds. The number of non-ortho nitro benzene ring substituents is 1. The van der Waals surface area contributed by atoms with Crippen molar-refractivity contribution >= 4 is 50.3 Å². The number of thiazole rings is 1. The molecule has 13 heteroatoms. The SMILES string of the molecule is COC(=O)N(c1ccc([N+](=O)[O-])cc1)C1CN(C(=O)c2csc(N3CC(c4ccccc4)(C(C)(C)C)C3(O[SiH3])c3ccccc3)n2)C1. The quantitative estimate of drug-likeness (QED) is 0.144. The molecule has 0 N–H and O–H groups in total. The van der Waals surface area contributed by atoms with E-state index in [4.69, 9.17) is 14.1 Å². The van der Waals surface area contributed by atoms with E-state index in [1.54, 1.807) is 10.3 Å². The van der Waals surface area contributed by atoms with E-state index < -0.39 is 22.2 Å². The summed E-state index contributed by atoms with van der Waals surface area (Å²) in [6.07, 6.45) is -0.606. The number of carbonyl (C=O) groups excluding carboxylic acids is 2. The van der Waals surface area contributed by atoms with Crippen molar-refractivity contribution in [3.63, 3.8) is 0 Å². The second-order valence-electron chi connectivity index (χ2n) is 12.8. The number of likely N-dealkylation sites (tertiary alicyclic amines) is 1. The number of ether oxygens (including phenoxy) is 1. The molecule has 47 heavy (non-hydrogen) atoms. The third kappa shape index (κ3) is 5.09. The van der Waals surface area contributed by atoms with Gasteiger partial charge in [0.1, 0.15) is 16.2 Å². The maximum atomic E-state index is 13.7. The zero-order chi connectivity index (χ0) is 33.6. The Morgan fingerprint density at radius 3 is 2.13 bits per heavy atom. The standard InChI is InChI=1S/C34H37N5O6SSi/c1-32(2,3)33(23-11-7-5-8-12-23)22-37(34(33,45-47)24-13-9-6-10-14-24)30-35-28(21-46-30)29(40)36-19-27(20-36)38(31(41)44-4)25-15-17-26(18-16-25)39(42)43/h5-18,21,27H,19-20,22H2,1-4,47H3. The van der Waals surface area contributed by atoms with Gasteiger partial charge in [-0.3, -0.25) is 19.8 Å². The monoisotopic (exact) mass is 671 g/mol. The number of anilines is 2. The van der Waals surface area contributed by atoms with Crippen molar-refractivity contribution < 1.29 is 23.7 Å². The molecule has 0 radical (unpaired) electrons. The van der Waals surface area contributed by atoms with Crippen LogP contribution >= 0.6 is 11.3 Å². The summed E-state index contributed by atoms with van der Waals surface area (Å²) in [6.45, 7) is 7.93. The molecular formula is C34H37N5O6SSi. The zero-order valence-electron chi connectivity index (χ0n) is 27.0. The van der Waals surface area contributed by atoms with Gasteiger partial charge in [-0.1, -0.05) is 81.4 Å². The van der Waals surface area contributed by atoms with Gasteiger partial charge in [0, 0.05) is 48.4 Å². The van der Waals surface area contributed by atoms with E-state index in [1.807, 2.05) is 24.3 Å². The first-order valence-corrected chi connectivity index (χ1v) is 17.0. The largest absolute Gasteiger partial charge is 0.452 e. The molecule has 1 aromatic heterocycles. The Labute approximate surface area is 280 Å². The van der Waals surface area contributed by atoms with Gasteiger partial charge in [0.2, 0.25) is 0 Å². The highest BCUT2D eigenvalue weighted by atomic mass is 32.1. The van der Waals surface area contributed by atoms with Crippen molar-refractivity contribution in [2.75, 3.05) is 36.5 Å². The summed E-state index contributed by atoms with van der Waals surface area (Å²) in [6, 6.07) is 26.1. The lowest BCUT2D eigenvalue weighted by Crippen LogP contribution is -2.79. The Morgan fingerprint density at radius 2 is 1.60 bits per heavy atom. The van der Waals surface area contributed by atoms with Crippen molar-refractivity contribution in [1.29, 1.82) is 0 Å². The average Bonchev–Trinajstić information content (AvgIpc) is 3.52. The average molecular weight is 672 g/mol. The fourth-order valence-corrected chi connectivity index (χ4v) is 8.83. The van der Waals surface area contributed by atoms with E-state index in [9.17, 15) is 19.7 Å². The molecule has 4 aromatic rings. The normalized spacial score (nSPS) is 21.1. The van der Waals surface area contributed by atoms with Crippen LogP contribution < -0.4 is 9.80 Å². The molecule has 3 heterocycles. The third-order valence-corrected chi connectivity index (χ3v) is 11.0. The minimum absolute atomic E-state index is 0.0823. The smallest absolute Gasteiger partial charge is 0.414 e. The molecule has 2 saturated heterocycles. The van der Waals surface area contributed by atoms with Crippen molar-refractivity contribution in [3.8, 4) is 0 Å². The summed E-state index contributed by atoms with van der Waals surface area (Å²) < 4.78 is 11.8. The third-order valence-electron chi connectivity index (χ3n) is 9.53. The van der Waals surface area contributed by atoms with Crippen LogP contribution in [0.4, 0.5) is 21.3 Å². The van der Waals surface area contributed by atoms with E-state index in [2.05, 4.69) is 62.1 Å². The molecule has 244 valence electrons. The van der Waals surface area contributed by atoms with Gasteiger partial charge in [0.25, 0.3) is 11.6 Å². The van der Waals surface area contributed by atoms with Gasteiger partial charge in [0.05, 0.1) is 23.5 Å². The molecule has 6 rings (SSSR count). The lowest BCUT2D eigenvalue weighted by Gasteiger charge is -2.70. The van der Waals surface area contributed by atoms with Crippen LogP contribution in [0, 0.1) is 15.5 Å². The summed E-state index contributed by atoms with van der Waals surface area (Å²) in [5.41, 5.74) is 1.45. The number of rotatable bonds is 8. The predicted octanol–water partition coefficient (Wildman–Crippen LogP) is 5.10. The van der Waals surface area contributed by atoms with E-state index in [-0.39, 0.29) is 36.1 Å². The molecule has 0 bridgehead atoms. The Balaban J connectivity index is 1.27. The van der Waals surface area contributed by atoms with Crippen LogP contribution in [0.1, 0.15) is 42.4 Å². The van der Waals surface area contributed by atoms with Crippen molar-refractivity contribution in [1.82, 2.24) is 9.88 Å². The Morgan fingerprint density at radius 1 is 1.00 bits per heavy atom. The fraction of sp³-hybridized carbons (Fsp3) is 0.324. The molecule has 2 aliphatic rings. The molecule has 0 aliphatic carbocycles. The highest BCUT2D eigenvalue weighted by Gasteiger charge is 2.71. The molecule has 11 nitrogen and oxygen atoms in total. The number of hydrogen-bond donors (Lipinski definition) is 0. The number of nitrogens with zero attached hydrogens (tertiary/aromatic N) is 5. The molecule has 3 aromatic carbocycles. The summed E-state index contributed by atoms with van der Waals surface area (Å²) in [7, 11) is 1.74. The van der Waals surface area contributed by atoms with Crippen LogP contribution in [-0.2, 0) is 20.3 Å². The van der Waals surface area contributed by atoms with Gasteiger partial charge in [-0.25, -0.2) is 9.78 Å². The van der Waals surface area contributed by atoms with Crippen LogP contribution in [0.5, 0.6) is 0 Å².